The Balaban J connectivity index is 2.16. The lowest BCUT2D eigenvalue weighted by atomic mass is 10.1. The Kier molecular flexibility index (Phi) is 4.57. The number of carbonyl (C=O) groups is 1. The first-order valence-electron chi connectivity index (χ1n) is 7.83. The van der Waals surface area contributed by atoms with Crippen LogP contribution < -0.4 is 5.32 Å². The lowest BCUT2D eigenvalue weighted by Crippen LogP contribution is -2.09. The van der Waals surface area contributed by atoms with Crippen LogP contribution in [0.3, 0.4) is 0 Å². The molecule has 1 N–H and O–H groups in total. The monoisotopic (exact) mass is 332 g/mol. The van der Waals surface area contributed by atoms with Crippen LogP contribution in [-0.4, -0.2) is 22.5 Å². The largest absolute Gasteiger partial charge is 0.462 e. The lowest BCUT2D eigenvalue weighted by molar-refractivity contribution is 0.0527. The molecular formula is C19H16N4O2. The predicted molar refractivity (Wildman–Crippen MR) is 94.7 cm³/mol. The van der Waals surface area contributed by atoms with Crippen molar-refractivity contribution in [2.24, 2.45) is 0 Å². The van der Waals surface area contributed by atoms with E-state index >= 15 is 0 Å². The fourth-order valence-corrected chi connectivity index (χ4v) is 2.48. The first kappa shape index (κ1) is 16.4. The Bertz CT molecular complexity index is 992. The smallest absolute Gasteiger partial charge is 0.341 e. The van der Waals surface area contributed by atoms with E-state index in [-0.39, 0.29) is 6.61 Å². The van der Waals surface area contributed by atoms with Crippen LogP contribution in [0.25, 0.3) is 11.0 Å². The summed E-state index contributed by atoms with van der Waals surface area (Å²) >= 11 is 0. The molecule has 0 aliphatic carbocycles. The molecule has 1 aromatic carbocycles. The third-order valence-corrected chi connectivity index (χ3v) is 3.63. The molecule has 25 heavy (non-hydrogen) atoms. The number of carbonyl (C=O) groups excluding carboxylic acids is 1. The van der Waals surface area contributed by atoms with Gasteiger partial charge in [-0.3, -0.25) is 0 Å². The third kappa shape index (κ3) is 3.40. The predicted octanol–water partition coefficient (Wildman–Crippen LogP) is 3.73. The van der Waals surface area contributed by atoms with Gasteiger partial charge in [0.1, 0.15) is 5.56 Å². The van der Waals surface area contributed by atoms with Crippen molar-refractivity contribution >= 4 is 28.4 Å². The molecule has 6 nitrogen and oxygen atoms in total. The Hall–Kier alpha value is -3.46. The molecule has 0 fully saturated rings. The van der Waals surface area contributed by atoms with Crippen molar-refractivity contribution in [1.82, 2.24) is 9.97 Å². The number of esters is 1. The highest BCUT2D eigenvalue weighted by atomic mass is 16.5. The summed E-state index contributed by atoms with van der Waals surface area (Å²) in [4.78, 5) is 21.0. The number of nitriles is 1. The molecule has 0 unspecified atom stereocenters. The number of aromatic nitrogens is 2. The van der Waals surface area contributed by atoms with Crippen LogP contribution in [0, 0.1) is 18.3 Å². The Morgan fingerprint density at radius 2 is 2.16 bits per heavy atom. The topological polar surface area (TPSA) is 87.9 Å². The molecule has 0 atom stereocenters. The second-order valence-corrected chi connectivity index (χ2v) is 5.41. The van der Waals surface area contributed by atoms with Crippen LogP contribution in [0.4, 0.5) is 11.4 Å². The lowest BCUT2D eigenvalue weighted by Gasteiger charge is -2.14. The summed E-state index contributed by atoms with van der Waals surface area (Å²) in [6, 6.07) is 12.8. The number of anilines is 2. The van der Waals surface area contributed by atoms with Crippen molar-refractivity contribution in [3.63, 3.8) is 0 Å². The Morgan fingerprint density at radius 3 is 2.92 bits per heavy atom. The molecule has 0 saturated carbocycles. The number of aryl methyl sites for hydroxylation is 1. The summed E-state index contributed by atoms with van der Waals surface area (Å²) in [7, 11) is 0. The van der Waals surface area contributed by atoms with Crippen molar-refractivity contribution in [3.05, 3.63) is 59.4 Å². The molecule has 0 spiro atoms. The van der Waals surface area contributed by atoms with E-state index in [1.54, 1.807) is 25.1 Å². The van der Waals surface area contributed by atoms with E-state index in [1.165, 1.54) is 6.20 Å². The number of hydrogen-bond donors (Lipinski definition) is 1. The molecule has 0 saturated heterocycles. The fraction of sp³-hybridized carbons (Fsp3) is 0.158. The van der Waals surface area contributed by atoms with E-state index in [4.69, 9.17) is 10.00 Å². The van der Waals surface area contributed by atoms with E-state index in [9.17, 15) is 4.79 Å². The van der Waals surface area contributed by atoms with Crippen molar-refractivity contribution in [2.45, 2.75) is 13.8 Å². The van der Waals surface area contributed by atoms with Crippen LogP contribution in [0.1, 0.15) is 28.5 Å². The van der Waals surface area contributed by atoms with Gasteiger partial charge in [0.2, 0.25) is 0 Å². The summed E-state index contributed by atoms with van der Waals surface area (Å²) in [5.74, 6) is -0.462. The van der Waals surface area contributed by atoms with Crippen molar-refractivity contribution < 1.29 is 9.53 Å². The van der Waals surface area contributed by atoms with Gasteiger partial charge in [-0.05, 0) is 44.2 Å². The van der Waals surface area contributed by atoms with Gasteiger partial charge in [-0.2, -0.15) is 5.26 Å². The van der Waals surface area contributed by atoms with Gasteiger partial charge < -0.3 is 10.1 Å². The van der Waals surface area contributed by atoms with Gasteiger partial charge in [0.05, 0.1) is 23.9 Å². The minimum absolute atomic E-state index is 0.270. The molecule has 3 aromatic rings. The van der Waals surface area contributed by atoms with Gasteiger partial charge in [0.25, 0.3) is 0 Å². The maximum absolute atomic E-state index is 12.3. The van der Waals surface area contributed by atoms with Crippen molar-refractivity contribution in [2.75, 3.05) is 11.9 Å². The number of benzene rings is 1. The minimum atomic E-state index is -0.462. The average Bonchev–Trinajstić information content (AvgIpc) is 2.62. The van der Waals surface area contributed by atoms with Gasteiger partial charge in [-0.15, -0.1) is 0 Å². The molecule has 0 bridgehead atoms. The maximum Gasteiger partial charge on any atom is 0.341 e. The van der Waals surface area contributed by atoms with Crippen LogP contribution >= 0.6 is 0 Å². The molecule has 124 valence electrons. The van der Waals surface area contributed by atoms with Crippen LogP contribution in [0.15, 0.2) is 42.6 Å². The second kappa shape index (κ2) is 6.97. The quantitative estimate of drug-likeness (QED) is 0.732. The van der Waals surface area contributed by atoms with Gasteiger partial charge >= 0.3 is 5.97 Å². The van der Waals surface area contributed by atoms with E-state index in [0.717, 1.165) is 5.69 Å². The van der Waals surface area contributed by atoms with E-state index < -0.39 is 5.97 Å². The number of nitrogens with zero attached hydrogens (tertiary/aromatic N) is 3. The standard InChI is InChI=1S/C19H16N4O2/c1-3-25-19(24)16-11-21-18-15(8-7-12(2)22-18)17(16)23-14-6-4-5-13(9-14)10-20/h4-9,11H,3H2,1-2H3,(H,21,22,23). The van der Waals surface area contributed by atoms with Gasteiger partial charge in [-0.1, -0.05) is 6.07 Å². The highest BCUT2D eigenvalue weighted by Gasteiger charge is 2.17. The summed E-state index contributed by atoms with van der Waals surface area (Å²) < 4.78 is 5.13. The summed E-state index contributed by atoms with van der Waals surface area (Å²) in [6.07, 6.45) is 1.46. The number of ether oxygens (including phenoxy) is 1. The van der Waals surface area contributed by atoms with Crippen molar-refractivity contribution in [1.29, 1.82) is 5.26 Å². The fourth-order valence-electron chi connectivity index (χ4n) is 2.48. The SMILES string of the molecule is CCOC(=O)c1cnc2nc(C)ccc2c1Nc1cccc(C#N)c1. The summed E-state index contributed by atoms with van der Waals surface area (Å²) in [5, 5.41) is 13.0. The molecule has 6 heteroatoms. The zero-order valence-electron chi connectivity index (χ0n) is 13.9. The molecule has 0 radical (unpaired) electrons. The molecule has 2 heterocycles. The van der Waals surface area contributed by atoms with Crippen LogP contribution in [-0.2, 0) is 4.74 Å². The third-order valence-electron chi connectivity index (χ3n) is 3.63. The van der Waals surface area contributed by atoms with E-state index in [2.05, 4.69) is 21.4 Å². The van der Waals surface area contributed by atoms with Gasteiger partial charge in [-0.25, -0.2) is 14.8 Å². The molecule has 3 rings (SSSR count). The Labute approximate surface area is 145 Å². The van der Waals surface area contributed by atoms with E-state index in [1.807, 2.05) is 25.1 Å². The summed E-state index contributed by atoms with van der Waals surface area (Å²) in [5.41, 5.74) is 3.47. The highest BCUT2D eigenvalue weighted by molar-refractivity contribution is 6.05. The van der Waals surface area contributed by atoms with Crippen LogP contribution in [0.5, 0.6) is 0 Å². The Morgan fingerprint density at radius 1 is 1.32 bits per heavy atom. The van der Waals surface area contributed by atoms with Gasteiger partial charge in [0.15, 0.2) is 5.65 Å². The number of nitrogens with one attached hydrogen (secondary N) is 1. The average molecular weight is 332 g/mol. The maximum atomic E-state index is 12.3. The first-order chi connectivity index (χ1) is 12.1. The normalized spacial score (nSPS) is 10.3. The zero-order chi connectivity index (χ0) is 17.8. The first-order valence-corrected chi connectivity index (χ1v) is 7.83. The molecule has 0 amide bonds. The molecular weight excluding hydrogens is 316 g/mol. The summed E-state index contributed by atoms with van der Waals surface area (Å²) in [6.45, 7) is 3.90. The molecule has 0 aliphatic rings. The van der Waals surface area contributed by atoms with Crippen molar-refractivity contribution in [3.8, 4) is 6.07 Å². The molecule has 0 aliphatic heterocycles. The molecule has 2 aromatic heterocycles. The van der Waals surface area contributed by atoms with Gasteiger partial charge in [0, 0.05) is 23.0 Å². The minimum Gasteiger partial charge on any atom is -0.462 e. The second-order valence-electron chi connectivity index (χ2n) is 5.41. The number of hydrogen-bond acceptors (Lipinski definition) is 6. The number of rotatable bonds is 4. The van der Waals surface area contributed by atoms with Crippen LogP contribution in [0.2, 0.25) is 0 Å². The number of fused-ring (bicyclic) bond motifs is 1. The number of pyridine rings is 2. The highest BCUT2D eigenvalue weighted by Crippen LogP contribution is 2.29. The zero-order valence-corrected chi connectivity index (χ0v) is 13.9. The van der Waals surface area contributed by atoms with E-state index in [0.29, 0.717) is 33.5 Å².